The van der Waals surface area contributed by atoms with Gasteiger partial charge in [0.1, 0.15) is 17.3 Å². The van der Waals surface area contributed by atoms with Crippen LogP contribution in [0.15, 0.2) is 24.5 Å². The van der Waals surface area contributed by atoms with E-state index in [1.54, 1.807) is 6.07 Å². The number of nitrogens with one attached hydrogen (secondary N) is 1. The molecule has 6 nitrogen and oxygen atoms in total. The summed E-state index contributed by atoms with van der Waals surface area (Å²) in [6, 6.07) is 3.31. The van der Waals surface area contributed by atoms with Gasteiger partial charge in [-0.1, -0.05) is 0 Å². The fraction of sp³-hybridized carbons (Fsp3) is 0.300. The van der Waals surface area contributed by atoms with E-state index in [1.165, 1.54) is 18.5 Å². The molecular weight excluding hydrogens is 362 g/mol. The first-order valence-electron chi connectivity index (χ1n) is 9.34. The molecule has 2 aliphatic rings. The van der Waals surface area contributed by atoms with Gasteiger partial charge in [0.2, 0.25) is 0 Å². The Balaban J connectivity index is 1.71. The number of rotatable bonds is 2. The highest BCUT2D eigenvalue weighted by Crippen LogP contribution is 2.53. The number of aryl methyl sites for hydroxylation is 1. The zero-order chi connectivity index (χ0) is 19.0. The molecule has 0 saturated heterocycles. The second-order valence-corrected chi connectivity index (χ2v) is 7.61. The lowest BCUT2D eigenvalue weighted by molar-refractivity contribution is 0.494. The average molecular weight is 378 g/mol. The maximum atomic E-state index is 15.2. The highest BCUT2D eigenvalue weighted by molar-refractivity contribution is 5.99. The maximum absolute atomic E-state index is 15.2. The third kappa shape index (κ3) is 2.11. The van der Waals surface area contributed by atoms with Crippen molar-refractivity contribution in [3.63, 3.8) is 0 Å². The summed E-state index contributed by atoms with van der Waals surface area (Å²) < 4.78 is 30.6. The van der Waals surface area contributed by atoms with Gasteiger partial charge in [-0.15, -0.1) is 0 Å². The highest BCUT2D eigenvalue weighted by Gasteiger charge is 2.45. The standard InChI is InChI=1S/C20H16F2N6/c1-9-16-17(12(22)8-24-20(16)26-25-9)18-14-5-2-10-6-15(10)28(14)27-19(18)13-4-3-11(21)7-23-13/h3-4,7-8,10,15H,2,5-6H2,1H3,(H,24,25,26)/t10-,15+/m1/s1. The zero-order valence-electron chi connectivity index (χ0n) is 15.1. The van der Waals surface area contributed by atoms with Crippen molar-refractivity contribution in [1.29, 1.82) is 0 Å². The van der Waals surface area contributed by atoms with Gasteiger partial charge in [-0.3, -0.25) is 14.8 Å². The lowest BCUT2D eigenvalue weighted by atomic mass is 9.95. The van der Waals surface area contributed by atoms with Crippen LogP contribution >= 0.6 is 0 Å². The van der Waals surface area contributed by atoms with Crippen molar-refractivity contribution in [3.05, 3.63) is 47.5 Å². The number of hydrogen-bond acceptors (Lipinski definition) is 4. The van der Waals surface area contributed by atoms with E-state index >= 15 is 4.39 Å². The van der Waals surface area contributed by atoms with Crippen molar-refractivity contribution < 1.29 is 8.78 Å². The van der Waals surface area contributed by atoms with E-state index in [0.717, 1.165) is 36.2 Å². The number of aromatic nitrogens is 6. The summed E-state index contributed by atoms with van der Waals surface area (Å²) in [5, 5.41) is 12.6. The number of fused-ring (bicyclic) bond motifs is 4. The van der Waals surface area contributed by atoms with Gasteiger partial charge >= 0.3 is 0 Å². The first-order valence-corrected chi connectivity index (χ1v) is 9.34. The summed E-state index contributed by atoms with van der Waals surface area (Å²) in [6.45, 7) is 1.85. The molecule has 1 N–H and O–H groups in total. The highest BCUT2D eigenvalue weighted by atomic mass is 19.1. The van der Waals surface area contributed by atoms with Crippen LogP contribution in [-0.2, 0) is 6.42 Å². The van der Waals surface area contributed by atoms with E-state index in [0.29, 0.717) is 39.9 Å². The Kier molecular flexibility index (Phi) is 3.08. The van der Waals surface area contributed by atoms with Crippen LogP contribution in [0.2, 0.25) is 0 Å². The molecule has 4 aromatic heterocycles. The summed E-state index contributed by atoms with van der Waals surface area (Å²) in [7, 11) is 0. The quantitative estimate of drug-likeness (QED) is 0.573. The number of H-pyrrole nitrogens is 1. The topological polar surface area (TPSA) is 72.3 Å². The minimum absolute atomic E-state index is 0.363. The number of hydrogen-bond donors (Lipinski definition) is 1. The Morgan fingerprint density at radius 3 is 2.86 bits per heavy atom. The molecule has 6 rings (SSSR count). The first-order chi connectivity index (χ1) is 13.6. The van der Waals surface area contributed by atoms with Crippen molar-refractivity contribution in [2.75, 3.05) is 0 Å². The molecule has 0 radical (unpaired) electrons. The van der Waals surface area contributed by atoms with Gasteiger partial charge in [-0.05, 0) is 44.2 Å². The van der Waals surface area contributed by atoms with Gasteiger partial charge in [-0.25, -0.2) is 13.8 Å². The molecule has 1 saturated carbocycles. The molecule has 0 unspecified atom stereocenters. The van der Waals surface area contributed by atoms with Crippen LogP contribution in [0.25, 0.3) is 33.5 Å². The van der Waals surface area contributed by atoms with Gasteiger partial charge in [0.05, 0.1) is 29.5 Å². The number of pyridine rings is 2. The number of halogens is 2. The fourth-order valence-electron chi connectivity index (χ4n) is 4.46. The van der Waals surface area contributed by atoms with Crippen LogP contribution in [0, 0.1) is 24.5 Å². The third-order valence-electron chi connectivity index (χ3n) is 5.90. The second kappa shape index (κ2) is 5.43. The van der Waals surface area contributed by atoms with Crippen LogP contribution in [-0.4, -0.2) is 29.9 Å². The van der Waals surface area contributed by atoms with Gasteiger partial charge in [0.25, 0.3) is 0 Å². The predicted octanol–water partition coefficient (Wildman–Crippen LogP) is 3.98. The summed E-state index contributed by atoms with van der Waals surface area (Å²) >= 11 is 0. The maximum Gasteiger partial charge on any atom is 0.181 e. The second-order valence-electron chi connectivity index (χ2n) is 7.61. The molecule has 28 heavy (non-hydrogen) atoms. The minimum Gasteiger partial charge on any atom is -0.280 e. The summed E-state index contributed by atoms with van der Waals surface area (Å²) in [5.74, 6) is -0.194. The molecule has 8 heteroatoms. The van der Waals surface area contributed by atoms with Gasteiger partial charge < -0.3 is 0 Å². The Morgan fingerprint density at radius 1 is 1.14 bits per heavy atom. The molecule has 0 spiro atoms. The Bertz CT molecular complexity index is 1240. The van der Waals surface area contributed by atoms with Gasteiger partial charge in [-0.2, -0.15) is 10.2 Å². The lowest BCUT2D eigenvalue weighted by Gasteiger charge is -2.15. The monoisotopic (exact) mass is 378 g/mol. The van der Waals surface area contributed by atoms with Crippen molar-refractivity contribution in [1.82, 2.24) is 29.9 Å². The van der Waals surface area contributed by atoms with E-state index in [9.17, 15) is 4.39 Å². The van der Waals surface area contributed by atoms with E-state index in [1.807, 2.05) is 11.6 Å². The minimum atomic E-state index is -0.422. The normalized spacial score (nSPS) is 20.2. The van der Waals surface area contributed by atoms with E-state index in [2.05, 4.69) is 20.2 Å². The van der Waals surface area contributed by atoms with E-state index in [4.69, 9.17) is 5.10 Å². The molecule has 1 fully saturated rings. The van der Waals surface area contributed by atoms with Crippen LogP contribution in [0.3, 0.4) is 0 Å². The zero-order valence-corrected chi connectivity index (χ0v) is 15.1. The largest absolute Gasteiger partial charge is 0.280 e. The van der Waals surface area contributed by atoms with Crippen LogP contribution in [0.4, 0.5) is 8.78 Å². The molecule has 1 aliphatic carbocycles. The molecular formula is C20H16F2N6. The Labute approximate surface area is 158 Å². The summed E-state index contributed by atoms with van der Waals surface area (Å²) in [4.78, 5) is 8.34. The first kappa shape index (κ1) is 15.9. The smallest absolute Gasteiger partial charge is 0.181 e. The van der Waals surface area contributed by atoms with E-state index < -0.39 is 11.6 Å². The SMILES string of the molecule is Cc1[nH]nc2ncc(F)c(-c3c(-c4ccc(F)cn4)nn4c3CC[C@@H]3C[C@@H]34)c12. The number of nitrogens with zero attached hydrogens (tertiary/aromatic N) is 5. The van der Waals surface area contributed by atoms with Gasteiger partial charge in [0.15, 0.2) is 5.65 Å². The van der Waals surface area contributed by atoms with Crippen molar-refractivity contribution in [2.45, 2.75) is 32.2 Å². The molecule has 0 aromatic carbocycles. The van der Waals surface area contributed by atoms with Crippen molar-refractivity contribution >= 4 is 11.0 Å². The summed E-state index contributed by atoms with van der Waals surface area (Å²) in [6.07, 6.45) is 5.36. The van der Waals surface area contributed by atoms with Crippen LogP contribution in [0.1, 0.15) is 30.3 Å². The fourth-order valence-corrected chi connectivity index (χ4v) is 4.46. The molecule has 0 bridgehead atoms. The molecule has 5 heterocycles. The van der Waals surface area contributed by atoms with Crippen molar-refractivity contribution in [3.8, 4) is 22.5 Å². The van der Waals surface area contributed by atoms with E-state index in [-0.39, 0.29) is 0 Å². The Hall–Kier alpha value is -3.16. The molecule has 0 amide bonds. The van der Waals surface area contributed by atoms with Crippen LogP contribution in [0.5, 0.6) is 0 Å². The molecule has 1 aliphatic heterocycles. The summed E-state index contributed by atoms with van der Waals surface area (Å²) in [5.41, 5.74) is 4.49. The average Bonchev–Trinajstić information content (AvgIpc) is 3.27. The van der Waals surface area contributed by atoms with Gasteiger partial charge in [0, 0.05) is 22.5 Å². The van der Waals surface area contributed by atoms with Crippen molar-refractivity contribution in [2.24, 2.45) is 5.92 Å². The Morgan fingerprint density at radius 2 is 2.04 bits per heavy atom. The lowest BCUT2D eigenvalue weighted by Crippen LogP contribution is -2.10. The number of aromatic amines is 1. The predicted molar refractivity (Wildman–Crippen MR) is 98.5 cm³/mol. The molecule has 140 valence electrons. The van der Waals surface area contributed by atoms with Crippen LogP contribution < -0.4 is 0 Å². The molecule has 4 aromatic rings. The third-order valence-corrected chi connectivity index (χ3v) is 5.90. The molecule has 2 atom stereocenters.